The zero-order valence-electron chi connectivity index (χ0n) is 13.6. The second-order valence-electron chi connectivity index (χ2n) is 7.11. The van der Waals surface area contributed by atoms with Crippen molar-refractivity contribution in [3.63, 3.8) is 0 Å². The summed E-state index contributed by atoms with van der Waals surface area (Å²) in [4.78, 5) is 17.2. The van der Waals surface area contributed by atoms with E-state index in [1.54, 1.807) is 0 Å². The Kier molecular flexibility index (Phi) is 3.83. The van der Waals surface area contributed by atoms with Gasteiger partial charge in [-0.1, -0.05) is 35.8 Å². The molecule has 2 aliphatic rings. The molecule has 1 aromatic heterocycles. The van der Waals surface area contributed by atoms with Crippen LogP contribution in [0.2, 0.25) is 5.02 Å². The van der Waals surface area contributed by atoms with Crippen molar-refractivity contribution in [2.75, 3.05) is 0 Å². The van der Waals surface area contributed by atoms with Gasteiger partial charge in [-0.2, -0.15) is 4.98 Å². The van der Waals surface area contributed by atoms with E-state index in [0.717, 1.165) is 31.2 Å². The molecule has 0 saturated heterocycles. The Morgan fingerprint density at radius 2 is 2.21 bits per heavy atom. The maximum Gasteiger partial charge on any atom is 0.231 e. The smallest absolute Gasteiger partial charge is 0.231 e. The summed E-state index contributed by atoms with van der Waals surface area (Å²) in [5, 5.41) is 7.60. The van der Waals surface area contributed by atoms with Crippen LogP contribution in [0.5, 0.6) is 0 Å². The van der Waals surface area contributed by atoms with Gasteiger partial charge in [-0.25, -0.2) is 0 Å². The maximum atomic E-state index is 12.9. The first kappa shape index (κ1) is 15.6. The van der Waals surface area contributed by atoms with Crippen molar-refractivity contribution in [3.05, 3.63) is 46.6 Å². The molecular formula is C18H20ClN3O2. The molecule has 1 amide bonds. The first-order chi connectivity index (χ1) is 11.6. The lowest BCUT2D eigenvalue weighted by molar-refractivity contribution is -0.132. The molecule has 2 aliphatic carbocycles. The standard InChI is InChI=1S/C18H20ClN3O2/c1-11-8-18(9-11,13-3-2-4-14(19)7-13)17(23)20-10-15-21-16(24-22-15)12-5-6-12/h2-4,7,11-12H,5-6,8-10H2,1H3,(H,20,23). The highest BCUT2D eigenvalue weighted by Crippen LogP contribution is 2.48. The highest BCUT2D eigenvalue weighted by molar-refractivity contribution is 6.30. The predicted octanol–water partition coefficient (Wildman–Crippen LogP) is 3.58. The molecule has 0 aliphatic heterocycles. The van der Waals surface area contributed by atoms with Gasteiger partial charge in [0.2, 0.25) is 11.8 Å². The van der Waals surface area contributed by atoms with Gasteiger partial charge in [0, 0.05) is 10.9 Å². The van der Waals surface area contributed by atoms with Crippen molar-refractivity contribution in [1.29, 1.82) is 0 Å². The van der Waals surface area contributed by atoms with E-state index in [0.29, 0.717) is 35.1 Å². The number of aromatic nitrogens is 2. The summed E-state index contributed by atoms with van der Waals surface area (Å²) in [5.41, 5.74) is 0.491. The molecule has 6 heteroatoms. The predicted molar refractivity (Wildman–Crippen MR) is 89.6 cm³/mol. The number of benzene rings is 1. The number of nitrogens with zero attached hydrogens (tertiary/aromatic N) is 2. The summed E-state index contributed by atoms with van der Waals surface area (Å²) in [6.07, 6.45) is 3.89. The Balaban J connectivity index is 1.47. The first-order valence-corrected chi connectivity index (χ1v) is 8.81. The Bertz CT molecular complexity index is 763. The summed E-state index contributed by atoms with van der Waals surface area (Å²) in [6, 6.07) is 7.61. The SMILES string of the molecule is CC1CC(C(=O)NCc2noc(C3CC3)n2)(c2cccc(Cl)c2)C1. The molecule has 0 atom stereocenters. The fourth-order valence-electron chi connectivity index (χ4n) is 3.63. The average Bonchev–Trinajstić information content (AvgIpc) is 3.28. The van der Waals surface area contributed by atoms with E-state index < -0.39 is 5.41 Å². The molecule has 2 saturated carbocycles. The molecule has 0 unspecified atom stereocenters. The molecule has 1 aromatic carbocycles. The van der Waals surface area contributed by atoms with Crippen molar-refractivity contribution in [3.8, 4) is 0 Å². The minimum atomic E-state index is -0.493. The fourth-order valence-corrected chi connectivity index (χ4v) is 3.82. The lowest BCUT2D eigenvalue weighted by Gasteiger charge is -2.45. The van der Waals surface area contributed by atoms with Crippen LogP contribution < -0.4 is 5.32 Å². The largest absolute Gasteiger partial charge is 0.348 e. The first-order valence-electron chi connectivity index (χ1n) is 8.44. The van der Waals surface area contributed by atoms with Crippen molar-refractivity contribution in [2.24, 2.45) is 5.92 Å². The highest BCUT2D eigenvalue weighted by Gasteiger charge is 2.49. The Labute approximate surface area is 145 Å². The third kappa shape index (κ3) is 2.81. The van der Waals surface area contributed by atoms with Crippen LogP contribution in [0.25, 0.3) is 0 Å². The van der Waals surface area contributed by atoms with Gasteiger partial charge in [-0.05, 0) is 49.3 Å². The van der Waals surface area contributed by atoms with E-state index in [1.807, 2.05) is 24.3 Å². The minimum absolute atomic E-state index is 0.0145. The van der Waals surface area contributed by atoms with Gasteiger partial charge in [0.15, 0.2) is 5.82 Å². The van der Waals surface area contributed by atoms with E-state index in [2.05, 4.69) is 22.4 Å². The van der Waals surface area contributed by atoms with Gasteiger partial charge in [-0.15, -0.1) is 0 Å². The molecule has 1 N–H and O–H groups in total. The lowest BCUT2D eigenvalue weighted by atomic mass is 9.58. The number of halogens is 1. The molecule has 0 radical (unpaired) electrons. The molecule has 0 spiro atoms. The summed E-state index contributed by atoms with van der Waals surface area (Å²) >= 11 is 6.12. The van der Waals surface area contributed by atoms with Gasteiger partial charge < -0.3 is 9.84 Å². The highest BCUT2D eigenvalue weighted by atomic mass is 35.5. The number of hydrogen-bond donors (Lipinski definition) is 1. The molecule has 4 rings (SSSR count). The number of carbonyl (C=O) groups is 1. The molecule has 2 aromatic rings. The van der Waals surface area contributed by atoms with Gasteiger partial charge >= 0.3 is 0 Å². The molecule has 126 valence electrons. The van der Waals surface area contributed by atoms with Crippen molar-refractivity contribution in [2.45, 2.75) is 50.5 Å². The molecular weight excluding hydrogens is 326 g/mol. The van der Waals surface area contributed by atoms with Crippen molar-refractivity contribution in [1.82, 2.24) is 15.5 Å². The Morgan fingerprint density at radius 3 is 2.88 bits per heavy atom. The van der Waals surface area contributed by atoms with Gasteiger partial charge in [-0.3, -0.25) is 4.79 Å². The second kappa shape index (κ2) is 5.88. The van der Waals surface area contributed by atoms with Crippen LogP contribution in [0.15, 0.2) is 28.8 Å². The van der Waals surface area contributed by atoms with Crippen LogP contribution in [0.3, 0.4) is 0 Å². The fraction of sp³-hybridized carbons (Fsp3) is 0.500. The van der Waals surface area contributed by atoms with E-state index in [1.165, 1.54) is 0 Å². The Morgan fingerprint density at radius 1 is 1.42 bits per heavy atom. The van der Waals surface area contributed by atoms with Crippen LogP contribution in [-0.2, 0) is 16.8 Å². The third-order valence-corrected chi connectivity index (χ3v) is 5.26. The van der Waals surface area contributed by atoms with E-state index in [4.69, 9.17) is 16.1 Å². The third-order valence-electron chi connectivity index (χ3n) is 5.02. The molecule has 0 bridgehead atoms. The van der Waals surface area contributed by atoms with Crippen LogP contribution in [0, 0.1) is 5.92 Å². The van der Waals surface area contributed by atoms with Crippen LogP contribution >= 0.6 is 11.6 Å². The van der Waals surface area contributed by atoms with Gasteiger partial charge in [0.1, 0.15) is 0 Å². The molecule has 5 nitrogen and oxygen atoms in total. The molecule has 24 heavy (non-hydrogen) atoms. The zero-order chi connectivity index (χ0) is 16.7. The van der Waals surface area contributed by atoms with Crippen LogP contribution in [0.1, 0.15) is 55.8 Å². The topological polar surface area (TPSA) is 68.0 Å². The van der Waals surface area contributed by atoms with Gasteiger partial charge in [0.25, 0.3) is 0 Å². The quantitative estimate of drug-likeness (QED) is 0.899. The minimum Gasteiger partial charge on any atom is -0.348 e. The summed E-state index contributed by atoms with van der Waals surface area (Å²) in [6.45, 7) is 2.46. The van der Waals surface area contributed by atoms with Crippen LogP contribution in [0.4, 0.5) is 0 Å². The summed E-state index contributed by atoms with van der Waals surface area (Å²) < 4.78 is 5.23. The number of carbonyl (C=O) groups excluding carboxylic acids is 1. The average molecular weight is 346 g/mol. The number of nitrogens with one attached hydrogen (secondary N) is 1. The number of hydrogen-bond acceptors (Lipinski definition) is 4. The van der Waals surface area contributed by atoms with E-state index in [9.17, 15) is 4.79 Å². The summed E-state index contributed by atoms with van der Waals surface area (Å²) in [7, 11) is 0. The summed E-state index contributed by atoms with van der Waals surface area (Å²) in [5.74, 6) is 2.20. The second-order valence-corrected chi connectivity index (χ2v) is 7.55. The van der Waals surface area contributed by atoms with Crippen molar-refractivity contribution < 1.29 is 9.32 Å². The normalized spacial score (nSPS) is 26.0. The Hall–Kier alpha value is -1.88. The molecule has 1 heterocycles. The zero-order valence-corrected chi connectivity index (χ0v) is 14.3. The van der Waals surface area contributed by atoms with Crippen molar-refractivity contribution >= 4 is 17.5 Å². The monoisotopic (exact) mass is 345 g/mol. The molecule has 2 fully saturated rings. The van der Waals surface area contributed by atoms with Gasteiger partial charge in [0.05, 0.1) is 12.0 Å². The van der Waals surface area contributed by atoms with E-state index in [-0.39, 0.29) is 5.91 Å². The maximum absolute atomic E-state index is 12.9. The lowest BCUT2D eigenvalue weighted by Crippen LogP contribution is -2.52. The number of rotatable bonds is 5. The van der Waals surface area contributed by atoms with Crippen LogP contribution in [-0.4, -0.2) is 16.0 Å². The van der Waals surface area contributed by atoms with E-state index >= 15 is 0 Å². The number of amides is 1.